The molecule has 2 heterocycles. The van der Waals surface area contributed by atoms with Crippen LogP contribution in [0.15, 0.2) is 30.6 Å². The topological polar surface area (TPSA) is 78.0 Å². The van der Waals surface area contributed by atoms with Crippen LogP contribution in [0.4, 0.5) is 11.5 Å². The predicted molar refractivity (Wildman–Crippen MR) is 70.5 cm³/mol. The first kappa shape index (κ1) is 12.2. The SMILES string of the molecule is COc1ccc(N)c(NC(C)Cn2cccn2)n1. The van der Waals surface area contributed by atoms with Gasteiger partial charge in [0.2, 0.25) is 5.88 Å². The van der Waals surface area contributed by atoms with Gasteiger partial charge in [-0.25, -0.2) is 0 Å². The molecule has 0 fully saturated rings. The van der Waals surface area contributed by atoms with E-state index in [1.54, 1.807) is 25.4 Å². The van der Waals surface area contributed by atoms with E-state index < -0.39 is 0 Å². The molecule has 6 heteroatoms. The maximum Gasteiger partial charge on any atom is 0.215 e. The summed E-state index contributed by atoms with van der Waals surface area (Å²) in [5.74, 6) is 1.17. The van der Waals surface area contributed by atoms with Gasteiger partial charge in [0.05, 0.1) is 19.3 Å². The average molecular weight is 247 g/mol. The minimum atomic E-state index is 0.159. The summed E-state index contributed by atoms with van der Waals surface area (Å²) in [5.41, 5.74) is 6.46. The molecule has 0 saturated carbocycles. The molecule has 96 valence electrons. The lowest BCUT2D eigenvalue weighted by Gasteiger charge is -2.16. The van der Waals surface area contributed by atoms with Gasteiger partial charge in [-0.15, -0.1) is 0 Å². The highest BCUT2D eigenvalue weighted by Gasteiger charge is 2.08. The molecule has 0 aromatic carbocycles. The molecule has 0 radical (unpaired) electrons. The Kier molecular flexibility index (Phi) is 3.66. The highest BCUT2D eigenvalue weighted by atomic mass is 16.5. The van der Waals surface area contributed by atoms with Gasteiger partial charge in [0.1, 0.15) is 0 Å². The minimum absolute atomic E-state index is 0.159. The second-order valence-corrected chi connectivity index (χ2v) is 4.06. The van der Waals surface area contributed by atoms with Gasteiger partial charge in [-0.2, -0.15) is 10.1 Å². The number of hydrogen-bond donors (Lipinski definition) is 2. The maximum absolute atomic E-state index is 5.86. The van der Waals surface area contributed by atoms with Gasteiger partial charge in [0.25, 0.3) is 0 Å². The number of aromatic nitrogens is 3. The Morgan fingerprint density at radius 1 is 1.50 bits per heavy atom. The quantitative estimate of drug-likeness (QED) is 0.834. The Balaban J connectivity index is 2.04. The molecule has 0 aliphatic heterocycles. The van der Waals surface area contributed by atoms with Crippen LogP contribution in [0.1, 0.15) is 6.92 Å². The van der Waals surface area contributed by atoms with Crippen molar-refractivity contribution in [1.29, 1.82) is 0 Å². The molecule has 18 heavy (non-hydrogen) atoms. The molecule has 2 rings (SSSR count). The van der Waals surface area contributed by atoms with Gasteiger partial charge < -0.3 is 15.8 Å². The van der Waals surface area contributed by atoms with E-state index in [4.69, 9.17) is 10.5 Å². The number of nitrogens with zero attached hydrogens (tertiary/aromatic N) is 3. The van der Waals surface area contributed by atoms with Gasteiger partial charge in [0, 0.05) is 24.5 Å². The van der Waals surface area contributed by atoms with Crippen molar-refractivity contribution in [2.75, 3.05) is 18.2 Å². The van der Waals surface area contributed by atoms with E-state index in [1.165, 1.54) is 0 Å². The number of nitrogen functional groups attached to an aromatic ring is 1. The van der Waals surface area contributed by atoms with Crippen LogP contribution in [0.2, 0.25) is 0 Å². The van der Waals surface area contributed by atoms with E-state index in [0.29, 0.717) is 17.4 Å². The minimum Gasteiger partial charge on any atom is -0.481 e. The predicted octanol–water partition coefficient (Wildman–Crippen LogP) is 1.37. The number of ether oxygens (including phenoxy) is 1. The molecule has 2 aromatic rings. The molecule has 1 atom stereocenters. The van der Waals surface area contributed by atoms with Crippen molar-refractivity contribution in [2.45, 2.75) is 19.5 Å². The van der Waals surface area contributed by atoms with Crippen molar-refractivity contribution >= 4 is 11.5 Å². The third-order valence-corrected chi connectivity index (χ3v) is 2.51. The van der Waals surface area contributed by atoms with Gasteiger partial charge >= 0.3 is 0 Å². The van der Waals surface area contributed by atoms with Gasteiger partial charge in [-0.3, -0.25) is 4.68 Å². The molecule has 0 bridgehead atoms. The number of pyridine rings is 1. The number of nitrogens with two attached hydrogens (primary N) is 1. The van der Waals surface area contributed by atoms with Crippen molar-refractivity contribution in [3.63, 3.8) is 0 Å². The monoisotopic (exact) mass is 247 g/mol. The number of anilines is 2. The molecule has 1 unspecified atom stereocenters. The van der Waals surface area contributed by atoms with Crippen molar-refractivity contribution < 1.29 is 4.74 Å². The molecule has 3 N–H and O–H groups in total. The first-order valence-electron chi connectivity index (χ1n) is 5.73. The highest BCUT2D eigenvalue weighted by Crippen LogP contribution is 2.20. The number of methoxy groups -OCH3 is 1. The van der Waals surface area contributed by atoms with Crippen LogP contribution in [-0.4, -0.2) is 27.9 Å². The third-order valence-electron chi connectivity index (χ3n) is 2.51. The first-order chi connectivity index (χ1) is 8.69. The van der Waals surface area contributed by atoms with Gasteiger partial charge in [0.15, 0.2) is 5.82 Å². The van der Waals surface area contributed by atoms with Crippen molar-refractivity contribution in [3.8, 4) is 5.88 Å². The summed E-state index contributed by atoms with van der Waals surface area (Å²) in [5, 5.41) is 7.40. The fourth-order valence-corrected chi connectivity index (χ4v) is 1.65. The average Bonchev–Trinajstić information content (AvgIpc) is 2.84. The fourth-order valence-electron chi connectivity index (χ4n) is 1.65. The van der Waals surface area contributed by atoms with Crippen LogP contribution in [0.25, 0.3) is 0 Å². The summed E-state index contributed by atoms with van der Waals surface area (Å²) >= 11 is 0. The van der Waals surface area contributed by atoms with Gasteiger partial charge in [-0.05, 0) is 19.1 Å². The Labute approximate surface area is 106 Å². The number of nitrogens with one attached hydrogen (secondary N) is 1. The zero-order chi connectivity index (χ0) is 13.0. The number of rotatable bonds is 5. The van der Waals surface area contributed by atoms with Crippen molar-refractivity contribution in [2.24, 2.45) is 0 Å². The summed E-state index contributed by atoms with van der Waals surface area (Å²) in [6.07, 6.45) is 3.67. The lowest BCUT2D eigenvalue weighted by Crippen LogP contribution is -2.23. The lowest BCUT2D eigenvalue weighted by molar-refractivity contribution is 0.398. The Hall–Kier alpha value is -2.24. The Bertz CT molecular complexity index is 497. The Morgan fingerprint density at radius 2 is 2.33 bits per heavy atom. The molecule has 0 amide bonds. The van der Waals surface area contributed by atoms with Crippen LogP contribution < -0.4 is 15.8 Å². The summed E-state index contributed by atoms with van der Waals surface area (Å²) < 4.78 is 6.93. The smallest absolute Gasteiger partial charge is 0.215 e. The summed E-state index contributed by atoms with van der Waals surface area (Å²) in [6.45, 7) is 2.79. The first-order valence-corrected chi connectivity index (χ1v) is 5.73. The van der Waals surface area contributed by atoms with Crippen LogP contribution in [0, 0.1) is 0 Å². The van der Waals surface area contributed by atoms with E-state index in [0.717, 1.165) is 6.54 Å². The summed E-state index contributed by atoms with van der Waals surface area (Å²) in [4.78, 5) is 4.27. The van der Waals surface area contributed by atoms with Crippen LogP contribution in [-0.2, 0) is 6.54 Å². The fraction of sp³-hybridized carbons (Fsp3) is 0.333. The van der Waals surface area contributed by atoms with E-state index in [2.05, 4.69) is 15.4 Å². The largest absolute Gasteiger partial charge is 0.481 e. The molecule has 0 spiro atoms. The van der Waals surface area contributed by atoms with E-state index in [9.17, 15) is 0 Å². The normalized spacial score (nSPS) is 12.1. The molecule has 2 aromatic heterocycles. The molecular formula is C12H17N5O. The molecule has 0 aliphatic carbocycles. The second kappa shape index (κ2) is 5.39. The van der Waals surface area contributed by atoms with Crippen molar-refractivity contribution in [3.05, 3.63) is 30.6 Å². The zero-order valence-corrected chi connectivity index (χ0v) is 10.5. The van der Waals surface area contributed by atoms with Gasteiger partial charge in [-0.1, -0.05) is 0 Å². The van der Waals surface area contributed by atoms with Crippen LogP contribution in [0.3, 0.4) is 0 Å². The summed E-state index contributed by atoms with van der Waals surface area (Å²) in [6, 6.07) is 5.56. The standard InChI is InChI=1S/C12H17N5O/c1-9(8-17-7-3-6-14-17)15-12-10(13)4-5-11(16-12)18-2/h3-7,9H,8,13H2,1-2H3,(H,15,16). The molecule has 0 saturated heterocycles. The second-order valence-electron chi connectivity index (χ2n) is 4.06. The summed E-state index contributed by atoms with van der Waals surface area (Å²) in [7, 11) is 1.58. The van der Waals surface area contributed by atoms with E-state index in [1.807, 2.05) is 23.9 Å². The molecular weight excluding hydrogens is 230 g/mol. The maximum atomic E-state index is 5.86. The highest BCUT2D eigenvalue weighted by molar-refractivity contribution is 5.62. The molecule has 6 nitrogen and oxygen atoms in total. The van der Waals surface area contributed by atoms with Crippen LogP contribution in [0.5, 0.6) is 5.88 Å². The Morgan fingerprint density at radius 3 is 3.00 bits per heavy atom. The third kappa shape index (κ3) is 2.91. The van der Waals surface area contributed by atoms with Crippen molar-refractivity contribution in [1.82, 2.24) is 14.8 Å². The van der Waals surface area contributed by atoms with Crippen LogP contribution >= 0.6 is 0 Å². The zero-order valence-electron chi connectivity index (χ0n) is 10.5. The number of hydrogen-bond acceptors (Lipinski definition) is 5. The lowest BCUT2D eigenvalue weighted by atomic mass is 10.3. The van der Waals surface area contributed by atoms with E-state index >= 15 is 0 Å². The van der Waals surface area contributed by atoms with E-state index in [-0.39, 0.29) is 6.04 Å². The molecule has 0 aliphatic rings.